The number of rotatable bonds is 5. The molecule has 2 heteroatoms. The monoisotopic (exact) mass is 604 g/mol. The maximum absolute atomic E-state index is 2.86. The topological polar surface area (TPSA) is 0 Å². The van der Waals surface area contributed by atoms with E-state index in [2.05, 4.69) is 81.9 Å². The fourth-order valence-electron chi connectivity index (χ4n) is 6.26. The van der Waals surface area contributed by atoms with Crippen molar-refractivity contribution in [1.82, 2.24) is 0 Å². The van der Waals surface area contributed by atoms with E-state index in [1.165, 1.54) is 49.7 Å². The molecule has 5 rings (SSSR count). The Balaban J connectivity index is 1.72. The molecule has 2 unspecified atom stereocenters. The summed E-state index contributed by atoms with van der Waals surface area (Å²) in [6.07, 6.45) is 13.4. The molecule has 2 aromatic rings. The van der Waals surface area contributed by atoms with Crippen molar-refractivity contribution in [2.45, 2.75) is 73.6 Å². The van der Waals surface area contributed by atoms with Crippen LogP contribution in [0.15, 0.2) is 47.5 Å². The molecule has 0 amide bonds. The third-order valence-corrected chi connectivity index (χ3v) is 28.5. The summed E-state index contributed by atoms with van der Waals surface area (Å²) in [7, 11) is 0. The number of aryl methyl sites for hydroxylation is 2. The summed E-state index contributed by atoms with van der Waals surface area (Å²) in [5, 5.41) is 0. The molecule has 164 valence electrons. The van der Waals surface area contributed by atoms with Crippen molar-refractivity contribution < 1.29 is 20.1 Å². The second-order valence-electron chi connectivity index (χ2n) is 9.98. The Bertz CT molecular complexity index is 1090. The zero-order chi connectivity index (χ0) is 22.2. The Morgan fingerprint density at radius 1 is 0.812 bits per heavy atom. The molecule has 1 saturated carbocycles. The second-order valence-corrected chi connectivity index (χ2v) is 25.9. The van der Waals surface area contributed by atoms with Gasteiger partial charge < -0.3 is 0 Å². The third-order valence-electron chi connectivity index (χ3n) is 8.06. The van der Waals surface area contributed by atoms with E-state index in [1.54, 1.807) is 33.4 Å². The van der Waals surface area contributed by atoms with Gasteiger partial charge in [-0.3, -0.25) is 0 Å². The molecule has 0 saturated heterocycles. The van der Waals surface area contributed by atoms with Crippen LogP contribution in [-0.2, 0) is 20.1 Å². The maximum atomic E-state index is 2.86. The molecule has 3 aliphatic carbocycles. The third kappa shape index (κ3) is 4.00. The first-order valence-corrected chi connectivity index (χ1v) is 23.3. The van der Waals surface area contributed by atoms with Crippen LogP contribution < -0.4 is 0 Å². The summed E-state index contributed by atoms with van der Waals surface area (Å²) in [6, 6.07) is 14.2. The summed E-state index contributed by atoms with van der Waals surface area (Å²) in [4.78, 5) is 0. The van der Waals surface area contributed by atoms with Crippen molar-refractivity contribution in [3.05, 3.63) is 80.9 Å². The predicted molar refractivity (Wildman–Crippen MR) is 138 cm³/mol. The van der Waals surface area contributed by atoms with E-state index in [-0.39, 0.29) is 0 Å². The van der Waals surface area contributed by atoms with Crippen LogP contribution in [0.1, 0.15) is 93.1 Å². The van der Waals surface area contributed by atoms with E-state index in [0.29, 0.717) is 0 Å². The van der Waals surface area contributed by atoms with Crippen LogP contribution in [0.25, 0.3) is 12.2 Å². The molecule has 3 aliphatic rings. The normalized spacial score (nSPS) is 21.6. The summed E-state index contributed by atoms with van der Waals surface area (Å²) < 4.78 is 1.53. The molecule has 0 aliphatic heterocycles. The minimum atomic E-state index is -2.22. The molecule has 0 aromatic heterocycles. The summed E-state index contributed by atoms with van der Waals surface area (Å²) in [5.41, 5.74) is 15.8. The van der Waals surface area contributed by atoms with Crippen LogP contribution in [0.4, 0.5) is 0 Å². The number of benzene rings is 2. The van der Waals surface area contributed by atoms with Crippen LogP contribution in [-0.4, -0.2) is 11.5 Å². The average molecular weight is 603 g/mol. The van der Waals surface area contributed by atoms with Gasteiger partial charge in [0.1, 0.15) is 0 Å². The molecule has 0 radical (unpaired) electrons. The molecular formula is C30H36HfSi. The zero-order valence-corrected chi connectivity index (χ0v) is 24.8. The number of allylic oxidation sites excluding steroid dienone is 2. The molecule has 0 spiro atoms. The van der Waals surface area contributed by atoms with Gasteiger partial charge in [0.15, 0.2) is 0 Å². The summed E-state index contributed by atoms with van der Waals surface area (Å²) in [5.74, 6) is 2.02. The van der Waals surface area contributed by atoms with Crippen molar-refractivity contribution in [2.24, 2.45) is 5.92 Å². The summed E-state index contributed by atoms with van der Waals surface area (Å²) in [6.45, 7) is 9.43. The number of hydrogen-bond acceptors (Lipinski definition) is 0. The van der Waals surface area contributed by atoms with E-state index < -0.39 is 20.1 Å². The van der Waals surface area contributed by atoms with Crippen LogP contribution in [0, 0.1) is 19.8 Å². The van der Waals surface area contributed by atoms with E-state index >= 15 is 0 Å². The average Bonchev–Trinajstić information content (AvgIpc) is 3.53. The van der Waals surface area contributed by atoms with Gasteiger partial charge in [0.2, 0.25) is 0 Å². The first-order chi connectivity index (χ1) is 15.6. The molecule has 0 heterocycles. The summed E-state index contributed by atoms with van der Waals surface area (Å²) >= 11 is -2.22. The van der Waals surface area contributed by atoms with Gasteiger partial charge in [0.05, 0.1) is 0 Å². The first kappa shape index (κ1) is 22.7. The van der Waals surface area contributed by atoms with Crippen LogP contribution in [0.2, 0.25) is 0 Å². The standard InChI is InChI=1S/2C12H13.C6H10Si.Hf/c2*1-3-10-7-11-6-4-5-9(2)12(11)8-10;7-5-6-3-1-2-4-6;/h2*4-8H,3H2,1-2H3;5-6H,1-4H2;. The van der Waals surface area contributed by atoms with Gasteiger partial charge in [-0.1, -0.05) is 0 Å². The Labute approximate surface area is 203 Å². The molecule has 2 aromatic carbocycles. The van der Waals surface area contributed by atoms with Crippen molar-refractivity contribution in [2.75, 3.05) is 0 Å². The van der Waals surface area contributed by atoms with Gasteiger partial charge >= 0.3 is 204 Å². The quantitative estimate of drug-likeness (QED) is 0.305. The molecule has 1 fully saturated rings. The van der Waals surface area contributed by atoms with Gasteiger partial charge in [0, 0.05) is 0 Å². The van der Waals surface area contributed by atoms with Gasteiger partial charge in [-0.2, -0.15) is 0 Å². The van der Waals surface area contributed by atoms with Crippen molar-refractivity contribution >= 4 is 23.7 Å². The Morgan fingerprint density at radius 3 is 1.78 bits per heavy atom. The number of hydrogen-bond donors (Lipinski definition) is 0. The predicted octanol–water partition coefficient (Wildman–Crippen LogP) is 7.93. The van der Waals surface area contributed by atoms with Crippen molar-refractivity contribution in [3.8, 4) is 0 Å². The van der Waals surface area contributed by atoms with Crippen LogP contribution >= 0.6 is 0 Å². The minimum absolute atomic E-state index is 0.766. The fraction of sp³-hybridized carbons (Fsp3) is 0.433. The van der Waals surface area contributed by atoms with Gasteiger partial charge in [-0.15, -0.1) is 0 Å². The molecule has 0 N–H and O–H groups in total. The molecule has 2 atom stereocenters. The van der Waals surface area contributed by atoms with Crippen molar-refractivity contribution in [3.63, 3.8) is 0 Å². The fourth-order valence-corrected chi connectivity index (χ4v) is 31.5. The molecule has 32 heavy (non-hydrogen) atoms. The molecular weight excluding hydrogens is 567 g/mol. The van der Waals surface area contributed by atoms with Crippen LogP contribution in [0.5, 0.6) is 0 Å². The SMILES string of the molecule is CCC1=Cc2c(C)cccc2[CH]1[Hf](=[Si]=CC1CCCC1)[CH]1C(CC)=Cc2c(C)cccc21. The van der Waals surface area contributed by atoms with Crippen molar-refractivity contribution in [1.29, 1.82) is 0 Å². The number of fused-ring (bicyclic) bond motifs is 2. The van der Waals surface area contributed by atoms with E-state index in [0.717, 1.165) is 19.1 Å². The molecule has 0 bridgehead atoms. The van der Waals surface area contributed by atoms with E-state index in [9.17, 15) is 0 Å². The first-order valence-electron chi connectivity index (χ1n) is 12.7. The zero-order valence-electron chi connectivity index (χ0n) is 20.2. The Hall–Kier alpha value is -1.12. The Kier molecular flexibility index (Phi) is 6.82. The Morgan fingerprint density at radius 2 is 1.31 bits per heavy atom. The van der Waals surface area contributed by atoms with E-state index in [1.807, 2.05) is 0 Å². The van der Waals surface area contributed by atoms with Gasteiger partial charge in [0.25, 0.3) is 0 Å². The van der Waals surface area contributed by atoms with Gasteiger partial charge in [-0.05, 0) is 0 Å². The van der Waals surface area contributed by atoms with Gasteiger partial charge in [-0.25, -0.2) is 0 Å². The van der Waals surface area contributed by atoms with Crippen LogP contribution in [0.3, 0.4) is 0 Å². The van der Waals surface area contributed by atoms with E-state index in [4.69, 9.17) is 0 Å². The molecule has 0 nitrogen and oxygen atoms in total. The second kappa shape index (κ2) is 9.62.